The van der Waals surface area contributed by atoms with E-state index in [1.807, 2.05) is 0 Å². The van der Waals surface area contributed by atoms with E-state index < -0.39 is 0 Å². The van der Waals surface area contributed by atoms with Crippen molar-refractivity contribution in [2.24, 2.45) is 0 Å². The zero-order valence-electron chi connectivity index (χ0n) is 2.03. The summed E-state index contributed by atoms with van der Waals surface area (Å²) in [7, 11) is 0. The standard InChI is InChI=1S/Cu.3O.Ti/q;;2*-2;+4. The van der Waals surface area contributed by atoms with Crippen LogP contribution in [0.1, 0.15) is 0 Å². The van der Waals surface area contributed by atoms with E-state index in [4.69, 9.17) is 3.83 Å². The summed E-state index contributed by atoms with van der Waals surface area (Å²) in [6.45, 7) is 0. The summed E-state index contributed by atoms with van der Waals surface area (Å²) in [5.41, 5.74) is 0. The van der Waals surface area contributed by atoms with Crippen LogP contribution in [0, 0.1) is 0 Å². The minimum Gasteiger partial charge on any atom is 4.00 e. The van der Waals surface area contributed by atoms with Crippen molar-refractivity contribution < 1.29 is 52.4 Å². The topological polar surface area (TPSA) is 74.1 Å². The van der Waals surface area contributed by atoms with Crippen molar-refractivity contribution in [3.05, 3.63) is 0 Å². The van der Waals surface area contributed by atoms with Gasteiger partial charge in [0.1, 0.15) is 0 Å². The molecule has 0 saturated carbocycles. The molecule has 0 aromatic heterocycles. The van der Waals surface area contributed by atoms with Gasteiger partial charge in [0.05, 0.1) is 0 Å². The number of hydrogen-bond acceptors (Lipinski definition) is 1. The third kappa shape index (κ3) is 47.5. The van der Waals surface area contributed by atoms with Gasteiger partial charge in [0, 0.05) is 0 Å². The summed E-state index contributed by atoms with van der Waals surface area (Å²) in [6.07, 6.45) is 0. The molecule has 0 N–H and O–H groups in total. The maximum absolute atomic E-state index is 7.81. The predicted octanol–water partition coefficient (Wildman–Crippen LogP) is -0.361. The molecule has 5 heteroatoms. The Morgan fingerprint density at radius 1 is 1.00 bits per heavy atom. The number of hydrogen-bond donors (Lipinski definition) is 0. The molecule has 0 saturated heterocycles. The van der Waals surface area contributed by atoms with Crippen molar-refractivity contribution >= 4 is 0 Å². The first-order valence-corrected chi connectivity index (χ1v) is 0.508. The monoisotopic (exact) mass is 159 g/mol. The third-order valence-corrected chi connectivity index (χ3v) is 0. The van der Waals surface area contributed by atoms with E-state index in [0.717, 1.165) is 0 Å². The van der Waals surface area contributed by atoms with E-state index in [9.17, 15) is 0 Å². The molecule has 0 spiro atoms. The van der Waals surface area contributed by atoms with E-state index in [1.54, 1.807) is 0 Å². The summed E-state index contributed by atoms with van der Waals surface area (Å²) >= 11 is 2.94. The third-order valence-electron chi connectivity index (χ3n) is 0. The molecule has 3 nitrogen and oxygen atoms in total. The zero-order chi connectivity index (χ0) is 2.00. The maximum atomic E-state index is 7.81. The Kier molecular flexibility index (Phi) is 652. The van der Waals surface area contributed by atoms with Gasteiger partial charge >= 0.3 is 41.5 Å². The van der Waals surface area contributed by atoms with Gasteiger partial charge in [-0.3, -0.25) is 0 Å². The molecule has 0 amide bonds. The van der Waals surface area contributed by atoms with Gasteiger partial charge in [0.15, 0.2) is 0 Å². The molecule has 0 aromatic rings. The van der Waals surface area contributed by atoms with Gasteiger partial charge in [-0.1, -0.05) is 0 Å². The van der Waals surface area contributed by atoms with Gasteiger partial charge in [0.2, 0.25) is 0 Å². The quantitative estimate of drug-likeness (QED) is 0.445. The van der Waals surface area contributed by atoms with E-state index in [1.165, 1.54) is 0 Å². The van der Waals surface area contributed by atoms with Crippen molar-refractivity contribution in [2.75, 3.05) is 0 Å². The fourth-order valence-electron chi connectivity index (χ4n) is 0. The second-order valence-electron chi connectivity index (χ2n) is 0. The Morgan fingerprint density at radius 3 is 1.00 bits per heavy atom. The Labute approximate surface area is 52.6 Å². The van der Waals surface area contributed by atoms with Crippen LogP contribution in [-0.4, -0.2) is 0 Å². The van der Waals surface area contributed by atoms with Gasteiger partial charge in [-0.25, -0.2) is 0 Å². The Bertz CT molecular complexity index is 6.85. The van der Waals surface area contributed by atoms with Crippen molar-refractivity contribution in [1.29, 1.82) is 0 Å². The van der Waals surface area contributed by atoms with Crippen LogP contribution in [0.2, 0.25) is 0 Å². The first-order valence-electron chi connectivity index (χ1n) is 0.123. The van der Waals surface area contributed by atoms with Gasteiger partial charge in [-0.15, -0.1) is 0 Å². The van der Waals surface area contributed by atoms with Crippen molar-refractivity contribution in [3.63, 3.8) is 0 Å². The van der Waals surface area contributed by atoms with Crippen LogP contribution < -0.4 is 0 Å². The van der Waals surface area contributed by atoms with Gasteiger partial charge in [-0.05, 0) is 0 Å². The summed E-state index contributed by atoms with van der Waals surface area (Å²) in [6, 6.07) is 0. The molecule has 0 aliphatic carbocycles. The van der Waals surface area contributed by atoms with E-state index in [0.29, 0.717) is 0 Å². The molecule has 33 valence electrons. The van der Waals surface area contributed by atoms with Crippen LogP contribution in [0.5, 0.6) is 0 Å². The SMILES string of the molecule is [O-2].[O-2].[O]=[Cu].[Ti+4]. The fraction of sp³-hybridized carbons (Fsp3) is 0. The predicted molar refractivity (Wildman–Crippen MR) is 2.06 cm³/mol. The smallest absolute Gasteiger partial charge is 4.00 e. The first kappa shape index (κ1) is 38.3. The van der Waals surface area contributed by atoms with Crippen molar-refractivity contribution in [2.45, 2.75) is 0 Å². The molecule has 5 heavy (non-hydrogen) atoms. The summed E-state index contributed by atoms with van der Waals surface area (Å²) in [4.78, 5) is 0. The second-order valence-corrected chi connectivity index (χ2v) is 0. The normalized spacial score (nSPS) is 1.20. The van der Waals surface area contributed by atoms with Crippen LogP contribution >= 0.6 is 0 Å². The molecular formula is CuO3Ti. The summed E-state index contributed by atoms with van der Waals surface area (Å²) < 4.78 is 7.81. The van der Waals surface area contributed by atoms with Crippen LogP contribution in [-0.2, 0) is 52.4 Å². The molecule has 0 heterocycles. The molecule has 0 atom stereocenters. The largest absolute Gasteiger partial charge is 4.00 e. The molecule has 0 unspecified atom stereocenters. The Balaban J connectivity index is -0.00000000167. The molecule has 0 rings (SSSR count). The molecule has 0 aliphatic heterocycles. The average molecular weight is 159 g/mol. The maximum Gasteiger partial charge on any atom is 4.00 e. The van der Waals surface area contributed by atoms with E-state index in [-0.39, 0.29) is 32.7 Å². The molecule has 0 aromatic carbocycles. The molecule has 0 fully saturated rings. The Morgan fingerprint density at radius 2 is 1.00 bits per heavy atom. The minimum absolute atomic E-state index is 0. The van der Waals surface area contributed by atoms with Crippen LogP contribution in [0.25, 0.3) is 0 Å². The summed E-state index contributed by atoms with van der Waals surface area (Å²) in [5, 5.41) is 0. The number of rotatable bonds is 0. The average Bonchev–Trinajstić information content (AvgIpc) is 1.00. The summed E-state index contributed by atoms with van der Waals surface area (Å²) in [5.74, 6) is 0. The molecule has 0 radical (unpaired) electrons. The van der Waals surface area contributed by atoms with Crippen LogP contribution in [0.15, 0.2) is 0 Å². The van der Waals surface area contributed by atoms with E-state index >= 15 is 0 Å². The van der Waals surface area contributed by atoms with Crippen molar-refractivity contribution in [3.8, 4) is 0 Å². The molecule has 0 bridgehead atoms. The van der Waals surface area contributed by atoms with Gasteiger partial charge in [-0.2, -0.15) is 0 Å². The van der Waals surface area contributed by atoms with Crippen LogP contribution in [0.3, 0.4) is 0 Å². The minimum atomic E-state index is 0. The molecule has 0 aliphatic rings. The zero-order valence-corrected chi connectivity index (χ0v) is 4.53. The van der Waals surface area contributed by atoms with Gasteiger partial charge < -0.3 is 11.0 Å². The van der Waals surface area contributed by atoms with Crippen molar-refractivity contribution in [1.82, 2.24) is 0 Å². The Hall–Kier alpha value is 0.954. The fourth-order valence-corrected chi connectivity index (χ4v) is 0. The molecular weight excluding hydrogens is 159 g/mol. The first-order chi connectivity index (χ1) is 1.00. The van der Waals surface area contributed by atoms with Gasteiger partial charge in [0.25, 0.3) is 0 Å². The van der Waals surface area contributed by atoms with Crippen LogP contribution in [0.4, 0.5) is 0 Å². The second kappa shape index (κ2) is 85.1. The van der Waals surface area contributed by atoms with E-state index in [2.05, 4.69) is 15.9 Å².